The summed E-state index contributed by atoms with van der Waals surface area (Å²) in [5.74, 6) is 0. The average molecular weight is 194 g/mol. The highest BCUT2D eigenvalue weighted by molar-refractivity contribution is 6.78. The van der Waals surface area contributed by atoms with Crippen molar-refractivity contribution in [1.82, 2.24) is 0 Å². The second kappa shape index (κ2) is 3.82. The van der Waals surface area contributed by atoms with Crippen molar-refractivity contribution in [2.45, 2.75) is 33.1 Å². The van der Waals surface area contributed by atoms with Crippen molar-refractivity contribution in [3.05, 3.63) is 0 Å². The van der Waals surface area contributed by atoms with Crippen molar-refractivity contribution in [1.29, 1.82) is 0 Å². The fourth-order valence-corrected chi connectivity index (χ4v) is 6.72. The predicted octanol–water partition coefficient (Wildman–Crippen LogP) is 1.44. The number of hydrogen-bond acceptors (Lipinski definition) is 3. The number of hydrogen-bond donors (Lipinski definition) is 1. The van der Waals surface area contributed by atoms with E-state index in [-0.39, 0.29) is 0 Å². The van der Waals surface area contributed by atoms with E-state index in [1.54, 1.807) is 13.1 Å². The molecule has 0 fully saturated rings. The Kier molecular flexibility index (Phi) is 3.92. The Balaban J connectivity index is 3.91. The van der Waals surface area contributed by atoms with Gasteiger partial charge in [-0.15, -0.1) is 0 Å². The molecule has 0 amide bonds. The molecule has 0 aliphatic carbocycles. The quantitative estimate of drug-likeness (QED) is 0.688. The minimum absolute atomic E-state index is 0.656. The standard InChI is InChI=1S/C6H18O3Si2/c1-6-8-11(4,5)9-10(2,3)7/h7H,6H2,1-5H3. The van der Waals surface area contributed by atoms with Crippen LogP contribution in [0, 0.1) is 0 Å². The van der Waals surface area contributed by atoms with E-state index in [4.69, 9.17) is 8.54 Å². The Labute approximate surface area is 70.8 Å². The van der Waals surface area contributed by atoms with Gasteiger partial charge in [0.25, 0.3) is 0 Å². The summed E-state index contributed by atoms with van der Waals surface area (Å²) in [6.45, 7) is 9.98. The van der Waals surface area contributed by atoms with Crippen LogP contribution >= 0.6 is 0 Å². The highest BCUT2D eigenvalue weighted by Crippen LogP contribution is 2.12. The van der Waals surface area contributed by atoms with E-state index in [9.17, 15) is 4.80 Å². The average Bonchev–Trinajstić information content (AvgIpc) is 1.55. The van der Waals surface area contributed by atoms with Gasteiger partial charge in [0.15, 0.2) is 0 Å². The van der Waals surface area contributed by atoms with E-state index in [0.29, 0.717) is 6.61 Å². The Morgan fingerprint density at radius 1 is 1.18 bits per heavy atom. The largest absolute Gasteiger partial charge is 0.415 e. The van der Waals surface area contributed by atoms with Crippen LogP contribution in [0.2, 0.25) is 26.2 Å². The Hall–Kier alpha value is 0.314. The lowest BCUT2D eigenvalue weighted by Crippen LogP contribution is -2.46. The van der Waals surface area contributed by atoms with Crippen LogP contribution in [-0.2, 0) is 8.54 Å². The molecule has 0 unspecified atom stereocenters. The molecule has 0 saturated heterocycles. The molecule has 1 N–H and O–H groups in total. The van der Waals surface area contributed by atoms with Gasteiger partial charge in [-0.2, -0.15) is 0 Å². The SMILES string of the molecule is CCO[Si](C)(C)O[Si](C)(C)O. The van der Waals surface area contributed by atoms with E-state index in [2.05, 4.69) is 0 Å². The van der Waals surface area contributed by atoms with Gasteiger partial charge in [0.05, 0.1) is 0 Å². The van der Waals surface area contributed by atoms with Gasteiger partial charge in [-0.1, -0.05) is 0 Å². The molecule has 0 aromatic carbocycles. The Bertz CT molecular complexity index is 119. The van der Waals surface area contributed by atoms with Gasteiger partial charge in [0.1, 0.15) is 0 Å². The van der Waals surface area contributed by atoms with Crippen molar-refractivity contribution in [2.75, 3.05) is 6.61 Å². The van der Waals surface area contributed by atoms with E-state index in [0.717, 1.165) is 0 Å². The van der Waals surface area contributed by atoms with E-state index < -0.39 is 17.1 Å². The molecule has 5 heteroatoms. The summed E-state index contributed by atoms with van der Waals surface area (Å²) in [6.07, 6.45) is 0. The Morgan fingerprint density at radius 2 is 1.64 bits per heavy atom. The molecule has 0 heterocycles. The lowest BCUT2D eigenvalue weighted by molar-refractivity contribution is 0.240. The molecule has 0 aromatic heterocycles. The monoisotopic (exact) mass is 194 g/mol. The van der Waals surface area contributed by atoms with Gasteiger partial charge in [-0.3, -0.25) is 0 Å². The van der Waals surface area contributed by atoms with Gasteiger partial charge in [-0.05, 0) is 33.1 Å². The highest BCUT2D eigenvalue weighted by Gasteiger charge is 2.33. The third-order valence-electron chi connectivity index (χ3n) is 0.987. The minimum atomic E-state index is -2.39. The van der Waals surface area contributed by atoms with E-state index in [1.807, 2.05) is 20.0 Å². The first kappa shape index (κ1) is 11.3. The zero-order valence-corrected chi connectivity index (χ0v) is 9.97. The summed E-state index contributed by atoms with van der Waals surface area (Å²) in [5, 5.41) is 0. The smallest absolute Gasteiger partial charge is 0.322 e. The minimum Gasteiger partial charge on any atom is -0.415 e. The fraction of sp³-hybridized carbons (Fsp3) is 1.00. The summed E-state index contributed by atoms with van der Waals surface area (Å²) in [5.41, 5.74) is 0. The van der Waals surface area contributed by atoms with Gasteiger partial charge in [0.2, 0.25) is 0 Å². The molecule has 0 rings (SSSR count). The summed E-state index contributed by atoms with van der Waals surface area (Å²) in [7, 11) is -4.42. The first-order valence-electron chi connectivity index (χ1n) is 3.83. The van der Waals surface area contributed by atoms with E-state index >= 15 is 0 Å². The van der Waals surface area contributed by atoms with Crippen LogP contribution in [0.4, 0.5) is 0 Å². The van der Waals surface area contributed by atoms with Gasteiger partial charge in [-0.25, -0.2) is 0 Å². The van der Waals surface area contributed by atoms with Crippen molar-refractivity contribution in [2.24, 2.45) is 0 Å². The zero-order chi connectivity index (χ0) is 9.12. The Morgan fingerprint density at radius 3 is 1.91 bits per heavy atom. The summed E-state index contributed by atoms with van der Waals surface area (Å²) in [6, 6.07) is 0. The lowest BCUT2D eigenvalue weighted by atomic mass is 10.9. The molecule has 0 spiro atoms. The molecule has 0 bridgehead atoms. The van der Waals surface area contributed by atoms with Crippen molar-refractivity contribution < 1.29 is 13.3 Å². The van der Waals surface area contributed by atoms with Crippen LogP contribution in [0.5, 0.6) is 0 Å². The van der Waals surface area contributed by atoms with Crippen LogP contribution in [0.3, 0.4) is 0 Å². The van der Waals surface area contributed by atoms with Gasteiger partial charge in [0, 0.05) is 6.61 Å². The van der Waals surface area contributed by atoms with Crippen LogP contribution in [0.25, 0.3) is 0 Å². The highest BCUT2D eigenvalue weighted by atomic mass is 28.5. The zero-order valence-electron chi connectivity index (χ0n) is 7.97. The van der Waals surface area contributed by atoms with Gasteiger partial charge >= 0.3 is 17.1 Å². The normalized spacial score (nSPS) is 13.6. The lowest BCUT2D eigenvalue weighted by Gasteiger charge is -2.28. The maximum atomic E-state index is 9.45. The second-order valence-corrected chi connectivity index (χ2v) is 10.2. The molecular weight excluding hydrogens is 176 g/mol. The third kappa shape index (κ3) is 6.70. The van der Waals surface area contributed by atoms with Crippen molar-refractivity contribution in [3.8, 4) is 0 Å². The van der Waals surface area contributed by atoms with E-state index in [1.165, 1.54) is 0 Å². The first-order chi connectivity index (χ1) is 4.77. The fourth-order valence-electron chi connectivity index (χ4n) is 0.979. The second-order valence-electron chi connectivity index (χ2n) is 3.38. The first-order valence-corrected chi connectivity index (χ1v) is 9.50. The van der Waals surface area contributed by atoms with Gasteiger partial charge < -0.3 is 13.3 Å². The summed E-state index contributed by atoms with van der Waals surface area (Å²) >= 11 is 0. The molecule has 68 valence electrons. The van der Waals surface area contributed by atoms with Crippen LogP contribution in [0.1, 0.15) is 6.92 Å². The van der Waals surface area contributed by atoms with Crippen LogP contribution in [0.15, 0.2) is 0 Å². The molecule has 3 nitrogen and oxygen atoms in total. The maximum absolute atomic E-state index is 9.45. The summed E-state index contributed by atoms with van der Waals surface area (Å²) in [4.78, 5) is 9.45. The van der Waals surface area contributed by atoms with Crippen molar-refractivity contribution >= 4 is 17.1 Å². The topological polar surface area (TPSA) is 38.7 Å². The molecule has 11 heavy (non-hydrogen) atoms. The number of rotatable bonds is 4. The molecule has 0 aliphatic heterocycles. The molecule has 0 radical (unpaired) electrons. The van der Waals surface area contributed by atoms with Crippen molar-refractivity contribution in [3.63, 3.8) is 0 Å². The third-order valence-corrected chi connectivity index (χ3v) is 5.94. The molecule has 0 aromatic rings. The maximum Gasteiger partial charge on any atom is 0.322 e. The molecule has 0 saturated carbocycles. The predicted molar refractivity (Wildman–Crippen MR) is 49.9 cm³/mol. The van der Waals surface area contributed by atoms with Crippen LogP contribution < -0.4 is 0 Å². The molecule has 0 aliphatic rings. The van der Waals surface area contributed by atoms with Crippen LogP contribution in [-0.4, -0.2) is 28.5 Å². The molecule has 0 atom stereocenters. The summed E-state index contributed by atoms with van der Waals surface area (Å²) < 4.78 is 10.9. The molecular formula is C6H18O3Si2.